The molecule has 180 valence electrons. The first-order valence-corrected chi connectivity index (χ1v) is 11.6. The first-order chi connectivity index (χ1) is 17.5. The van der Waals surface area contributed by atoms with Crippen molar-refractivity contribution in [1.29, 1.82) is 0 Å². The summed E-state index contributed by atoms with van der Waals surface area (Å²) in [5.41, 5.74) is 5.21. The fourth-order valence-electron chi connectivity index (χ4n) is 4.55. The fraction of sp³-hybridized carbons (Fsp3) is 0.138. The van der Waals surface area contributed by atoms with E-state index in [1.54, 1.807) is 7.11 Å². The molecule has 0 radical (unpaired) electrons. The summed E-state index contributed by atoms with van der Waals surface area (Å²) in [7, 11) is 3.06. The molecule has 0 bridgehead atoms. The zero-order valence-electron chi connectivity index (χ0n) is 19.9. The molecule has 0 saturated carbocycles. The highest BCUT2D eigenvalue weighted by Gasteiger charge is 2.27. The number of amides is 2. The van der Waals surface area contributed by atoms with Gasteiger partial charge in [0.15, 0.2) is 0 Å². The van der Waals surface area contributed by atoms with Crippen LogP contribution < -0.4 is 15.4 Å². The van der Waals surface area contributed by atoms with E-state index in [0.717, 1.165) is 40.0 Å². The van der Waals surface area contributed by atoms with Crippen molar-refractivity contribution in [2.45, 2.75) is 12.8 Å². The van der Waals surface area contributed by atoms with Crippen molar-refractivity contribution in [3.05, 3.63) is 100 Å². The zero-order chi connectivity index (χ0) is 25.2. The van der Waals surface area contributed by atoms with E-state index in [2.05, 4.69) is 16.7 Å². The van der Waals surface area contributed by atoms with Crippen LogP contribution >= 0.6 is 0 Å². The standard InChI is InChI=1S/C29H24FN3O3/c1-31-28(34)23-16-19(10-14-24(23)30)32-29(35)26-21-5-3-4-6-25(21)33-27-18(9-13-22(26)27)15-17-7-11-20(36-2)12-8-17/h3-8,10-12,14-16H,9,13H2,1-2H3,(H,31,34)(H,32,35)/b18-15+. The van der Waals surface area contributed by atoms with E-state index in [4.69, 9.17) is 9.72 Å². The second-order valence-corrected chi connectivity index (χ2v) is 8.50. The minimum Gasteiger partial charge on any atom is -0.497 e. The first-order valence-electron chi connectivity index (χ1n) is 11.6. The van der Waals surface area contributed by atoms with Crippen LogP contribution in [-0.2, 0) is 6.42 Å². The van der Waals surface area contributed by atoms with Gasteiger partial charge in [0.1, 0.15) is 11.6 Å². The van der Waals surface area contributed by atoms with E-state index in [1.807, 2.05) is 48.5 Å². The maximum absolute atomic E-state index is 14.1. The van der Waals surface area contributed by atoms with Crippen molar-refractivity contribution < 1.29 is 18.7 Å². The van der Waals surface area contributed by atoms with E-state index in [9.17, 15) is 14.0 Å². The molecule has 6 nitrogen and oxygen atoms in total. The lowest BCUT2D eigenvalue weighted by molar-refractivity contribution is 0.0957. The van der Waals surface area contributed by atoms with Crippen LogP contribution in [0.25, 0.3) is 22.6 Å². The summed E-state index contributed by atoms with van der Waals surface area (Å²) in [6.45, 7) is 0. The van der Waals surface area contributed by atoms with E-state index < -0.39 is 11.7 Å². The van der Waals surface area contributed by atoms with Crippen molar-refractivity contribution in [2.24, 2.45) is 0 Å². The summed E-state index contributed by atoms with van der Waals surface area (Å²) < 4.78 is 19.4. The van der Waals surface area contributed by atoms with Crippen molar-refractivity contribution in [3.8, 4) is 5.75 Å². The van der Waals surface area contributed by atoms with E-state index in [0.29, 0.717) is 23.2 Å². The highest BCUT2D eigenvalue weighted by Crippen LogP contribution is 2.38. The Balaban J connectivity index is 1.56. The number of allylic oxidation sites excluding steroid dienone is 1. The number of aromatic nitrogens is 1. The third-order valence-electron chi connectivity index (χ3n) is 6.32. The Kier molecular flexibility index (Phi) is 6.21. The third kappa shape index (κ3) is 4.31. The predicted molar refractivity (Wildman–Crippen MR) is 139 cm³/mol. The normalized spacial score (nSPS) is 13.5. The van der Waals surface area contributed by atoms with Crippen LogP contribution in [0, 0.1) is 5.82 Å². The minimum absolute atomic E-state index is 0.134. The molecule has 1 aliphatic rings. The SMILES string of the molecule is CNC(=O)c1cc(NC(=O)c2c3c(nc4ccccc24)/C(=C/c2ccc(OC)cc2)CC3)ccc1F. The number of carbonyl (C=O) groups is 2. The Morgan fingerprint density at radius 3 is 2.53 bits per heavy atom. The maximum atomic E-state index is 14.1. The number of ether oxygens (including phenoxy) is 1. The molecule has 1 aliphatic carbocycles. The van der Waals surface area contributed by atoms with Gasteiger partial charge in [0, 0.05) is 18.1 Å². The Bertz CT molecular complexity index is 1530. The molecule has 5 rings (SSSR count). The molecule has 2 amide bonds. The molecule has 1 heterocycles. The number of hydrogen-bond acceptors (Lipinski definition) is 4. The molecule has 0 fully saturated rings. The van der Waals surface area contributed by atoms with E-state index in [1.165, 1.54) is 25.2 Å². The molecular formula is C29H24FN3O3. The van der Waals surface area contributed by atoms with Crippen LogP contribution in [0.1, 0.15) is 44.0 Å². The number of rotatable bonds is 5. The summed E-state index contributed by atoms with van der Waals surface area (Å²) >= 11 is 0. The summed E-state index contributed by atoms with van der Waals surface area (Å²) in [5, 5.41) is 6.01. The van der Waals surface area contributed by atoms with Gasteiger partial charge in [0.25, 0.3) is 11.8 Å². The van der Waals surface area contributed by atoms with Gasteiger partial charge in [-0.1, -0.05) is 30.3 Å². The van der Waals surface area contributed by atoms with Gasteiger partial charge >= 0.3 is 0 Å². The second kappa shape index (κ2) is 9.62. The van der Waals surface area contributed by atoms with Crippen LogP contribution in [0.15, 0.2) is 66.7 Å². The van der Waals surface area contributed by atoms with Crippen LogP contribution in [0.2, 0.25) is 0 Å². The highest BCUT2D eigenvalue weighted by molar-refractivity contribution is 6.15. The van der Waals surface area contributed by atoms with Gasteiger partial charge in [-0.3, -0.25) is 9.59 Å². The van der Waals surface area contributed by atoms with Gasteiger partial charge in [-0.05, 0) is 72.0 Å². The molecule has 0 saturated heterocycles. The molecule has 0 atom stereocenters. The van der Waals surface area contributed by atoms with Gasteiger partial charge in [-0.25, -0.2) is 9.37 Å². The Hall–Kier alpha value is -4.52. The summed E-state index contributed by atoms with van der Waals surface area (Å²) in [6.07, 6.45) is 3.51. The molecule has 4 aromatic rings. The number of carbonyl (C=O) groups excluding carboxylic acids is 2. The Morgan fingerprint density at radius 2 is 1.78 bits per heavy atom. The van der Waals surface area contributed by atoms with Crippen molar-refractivity contribution in [1.82, 2.24) is 10.3 Å². The van der Waals surface area contributed by atoms with Gasteiger partial charge in [0.2, 0.25) is 0 Å². The Labute approximate surface area is 207 Å². The summed E-state index contributed by atoms with van der Waals surface area (Å²) in [5.74, 6) is -0.763. The number of anilines is 1. The summed E-state index contributed by atoms with van der Waals surface area (Å²) in [4.78, 5) is 30.5. The molecule has 1 aromatic heterocycles. The molecule has 0 unspecified atom stereocenters. The number of pyridine rings is 1. The number of nitrogens with one attached hydrogen (secondary N) is 2. The molecule has 3 aromatic carbocycles. The number of fused-ring (bicyclic) bond motifs is 2. The van der Waals surface area contributed by atoms with E-state index >= 15 is 0 Å². The number of para-hydroxylation sites is 1. The largest absolute Gasteiger partial charge is 0.497 e. The predicted octanol–water partition coefficient (Wildman–Crippen LogP) is 5.48. The number of benzene rings is 3. The topological polar surface area (TPSA) is 80.3 Å². The first kappa shape index (κ1) is 23.2. The summed E-state index contributed by atoms with van der Waals surface area (Å²) in [6, 6.07) is 19.3. The average Bonchev–Trinajstić information content (AvgIpc) is 3.30. The quantitative estimate of drug-likeness (QED) is 0.396. The van der Waals surface area contributed by atoms with Crippen molar-refractivity contribution >= 4 is 40.1 Å². The minimum atomic E-state index is -0.657. The lowest BCUT2D eigenvalue weighted by Gasteiger charge is -2.14. The number of methoxy groups -OCH3 is 1. The molecule has 0 aliphatic heterocycles. The molecule has 36 heavy (non-hydrogen) atoms. The fourth-order valence-corrected chi connectivity index (χ4v) is 4.55. The molecule has 7 heteroatoms. The van der Waals surface area contributed by atoms with Crippen LogP contribution in [0.3, 0.4) is 0 Å². The number of halogens is 1. The van der Waals surface area contributed by atoms with Gasteiger partial charge < -0.3 is 15.4 Å². The van der Waals surface area contributed by atoms with Crippen LogP contribution in [0.5, 0.6) is 5.75 Å². The van der Waals surface area contributed by atoms with Gasteiger partial charge in [0.05, 0.1) is 29.4 Å². The van der Waals surface area contributed by atoms with E-state index in [-0.39, 0.29) is 11.5 Å². The van der Waals surface area contributed by atoms with Crippen LogP contribution in [-0.4, -0.2) is 31.0 Å². The molecule has 0 spiro atoms. The molecule has 2 N–H and O–H groups in total. The number of nitrogens with zero attached hydrogens (tertiary/aromatic N) is 1. The lowest BCUT2D eigenvalue weighted by atomic mass is 9.99. The van der Waals surface area contributed by atoms with Crippen molar-refractivity contribution in [2.75, 3.05) is 19.5 Å². The van der Waals surface area contributed by atoms with Crippen molar-refractivity contribution in [3.63, 3.8) is 0 Å². The van der Waals surface area contributed by atoms with Crippen LogP contribution in [0.4, 0.5) is 10.1 Å². The zero-order valence-corrected chi connectivity index (χ0v) is 19.9. The Morgan fingerprint density at radius 1 is 1.00 bits per heavy atom. The number of hydrogen-bond donors (Lipinski definition) is 2. The monoisotopic (exact) mass is 481 g/mol. The van der Waals surface area contributed by atoms with Gasteiger partial charge in [-0.2, -0.15) is 0 Å². The lowest BCUT2D eigenvalue weighted by Crippen LogP contribution is -2.20. The third-order valence-corrected chi connectivity index (χ3v) is 6.32. The second-order valence-electron chi connectivity index (χ2n) is 8.50. The highest BCUT2D eigenvalue weighted by atomic mass is 19.1. The molecular weight excluding hydrogens is 457 g/mol. The average molecular weight is 482 g/mol. The smallest absolute Gasteiger partial charge is 0.256 e. The van der Waals surface area contributed by atoms with Gasteiger partial charge in [-0.15, -0.1) is 0 Å². The maximum Gasteiger partial charge on any atom is 0.256 e.